The smallest absolute Gasteiger partial charge is 0.258 e. The van der Waals surface area contributed by atoms with Gasteiger partial charge in [-0.2, -0.15) is 0 Å². The Morgan fingerprint density at radius 2 is 1.78 bits per heavy atom. The van der Waals surface area contributed by atoms with Crippen molar-refractivity contribution in [1.82, 2.24) is 4.90 Å². The van der Waals surface area contributed by atoms with Gasteiger partial charge in [0.15, 0.2) is 0 Å². The second kappa shape index (κ2) is 9.94. The zero-order chi connectivity index (χ0) is 22.4. The van der Waals surface area contributed by atoms with Gasteiger partial charge in [-0.25, -0.2) is 0 Å². The lowest BCUT2D eigenvalue weighted by atomic mass is 9.89. The zero-order valence-electron chi connectivity index (χ0n) is 19.0. The normalized spacial score (nSPS) is 17.7. The summed E-state index contributed by atoms with van der Waals surface area (Å²) in [7, 11) is 0. The molecule has 32 heavy (non-hydrogen) atoms. The van der Waals surface area contributed by atoms with Crippen LogP contribution in [-0.4, -0.2) is 17.4 Å². The highest BCUT2D eigenvalue weighted by Gasteiger charge is 2.45. The van der Waals surface area contributed by atoms with E-state index in [0.717, 1.165) is 35.8 Å². The number of hydrogen-bond acceptors (Lipinski definition) is 4. The van der Waals surface area contributed by atoms with Gasteiger partial charge in [-0.15, -0.1) is 0 Å². The Morgan fingerprint density at radius 1 is 0.969 bits per heavy atom. The number of nitrogens with one attached hydrogen (secondary N) is 1. The number of nitrogens with zero attached hydrogens (tertiary/aromatic N) is 1. The molecule has 0 bridgehead atoms. The van der Waals surface area contributed by atoms with Gasteiger partial charge >= 0.3 is 0 Å². The second-order valence-electron chi connectivity index (χ2n) is 8.29. The van der Waals surface area contributed by atoms with Gasteiger partial charge in [0.05, 0.1) is 25.0 Å². The van der Waals surface area contributed by atoms with E-state index in [1.165, 1.54) is 19.3 Å². The number of unbranched alkanes of at least 4 members (excludes halogenated alkanes) is 3. The molecule has 0 spiro atoms. The van der Waals surface area contributed by atoms with Crippen molar-refractivity contribution in [3.63, 3.8) is 0 Å². The summed E-state index contributed by atoms with van der Waals surface area (Å²) in [5, 5.41) is 3.68. The number of furan rings is 1. The Kier molecular flexibility index (Phi) is 6.84. The number of rotatable bonds is 10. The number of carbonyl (C=O) groups excluding carboxylic acids is 1. The largest absolute Gasteiger partial charge is 0.494 e. The lowest BCUT2D eigenvalue weighted by Gasteiger charge is -2.48. The van der Waals surface area contributed by atoms with Crippen LogP contribution in [0.4, 0.5) is 5.69 Å². The summed E-state index contributed by atoms with van der Waals surface area (Å²) >= 11 is 0. The predicted molar refractivity (Wildman–Crippen MR) is 127 cm³/mol. The Labute approximate surface area is 190 Å². The molecule has 168 valence electrons. The van der Waals surface area contributed by atoms with Crippen molar-refractivity contribution in [2.75, 3.05) is 11.9 Å². The van der Waals surface area contributed by atoms with E-state index in [9.17, 15) is 4.79 Å². The van der Waals surface area contributed by atoms with Crippen LogP contribution in [0.1, 0.15) is 67.6 Å². The number of anilines is 1. The molecule has 1 N–H and O–H groups in total. The van der Waals surface area contributed by atoms with Gasteiger partial charge in [-0.05, 0) is 54.8 Å². The van der Waals surface area contributed by atoms with Crippen LogP contribution < -0.4 is 10.1 Å². The van der Waals surface area contributed by atoms with E-state index in [-0.39, 0.29) is 5.91 Å². The summed E-state index contributed by atoms with van der Waals surface area (Å²) in [5.74, 6) is 1.61. The summed E-state index contributed by atoms with van der Waals surface area (Å²) in [5.41, 5.74) is 1.87. The number of hydrogen-bond donors (Lipinski definition) is 1. The van der Waals surface area contributed by atoms with Crippen molar-refractivity contribution in [1.29, 1.82) is 0 Å². The van der Waals surface area contributed by atoms with Gasteiger partial charge < -0.3 is 19.4 Å². The zero-order valence-corrected chi connectivity index (χ0v) is 19.0. The fourth-order valence-electron chi connectivity index (χ4n) is 4.41. The number of benzene rings is 2. The predicted octanol–water partition coefficient (Wildman–Crippen LogP) is 6.57. The molecular formula is C27H32N2O3. The fraction of sp³-hybridized carbons (Fsp3) is 0.370. The van der Waals surface area contributed by atoms with Crippen LogP contribution in [0.15, 0.2) is 71.3 Å². The number of ether oxygens (including phenoxy) is 1. The number of fused-ring (bicyclic) bond motifs is 1. The van der Waals surface area contributed by atoms with Crippen LogP contribution in [0.2, 0.25) is 0 Å². The van der Waals surface area contributed by atoms with Crippen molar-refractivity contribution in [3.05, 3.63) is 83.8 Å². The molecule has 5 heteroatoms. The van der Waals surface area contributed by atoms with Gasteiger partial charge in [-0.3, -0.25) is 4.79 Å². The van der Waals surface area contributed by atoms with Gasteiger partial charge in [0, 0.05) is 5.69 Å². The summed E-state index contributed by atoms with van der Waals surface area (Å²) in [6.45, 7) is 5.42. The average molecular weight is 433 g/mol. The molecule has 1 atom stereocenters. The highest BCUT2D eigenvalue weighted by molar-refractivity contribution is 6.02. The van der Waals surface area contributed by atoms with Crippen molar-refractivity contribution in [2.45, 2.75) is 58.2 Å². The van der Waals surface area contributed by atoms with Crippen molar-refractivity contribution < 1.29 is 13.9 Å². The van der Waals surface area contributed by atoms with Gasteiger partial charge in [0.1, 0.15) is 17.2 Å². The van der Waals surface area contributed by atoms with Gasteiger partial charge in [-0.1, -0.05) is 57.4 Å². The first kappa shape index (κ1) is 22.0. The maximum absolute atomic E-state index is 13.6. The summed E-state index contributed by atoms with van der Waals surface area (Å²) < 4.78 is 11.5. The molecular weight excluding hydrogens is 400 g/mol. The van der Waals surface area contributed by atoms with Crippen LogP contribution in [0.5, 0.6) is 5.75 Å². The van der Waals surface area contributed by atoms with Gasteiger partial charge in [0.2, 0.25) is 0 Å². The third-order valence-corrected chi connectivity index (χ3v) is 6.21. The van der Waals surface area contributed by atoms with Crippen LogP contribution in [0.25, 0.3) is 0 Å². The fourth-order valence-corrected chi connectivity index (χ4v) is 4.41. The standard InChI is InChI=1S/C27H32N2O3/c1-3-5-6-9-18-31-22-16-14-21(15-17-22)27(4-2)28-25-13-8-7-12-24(25)26(30)29(27)20-23-11-10-19-32-23/h7-8,10-17,19,28H,3-6,9,18,20H2,1-2H3. The monoisotopic (exact) mass is 432 g/mol. The van der Waals surface area contributed by atoms with Crippen LogP contribution >= 0.6 is 0 Å². The topological polar surface area (TPSA) is 54.7 Å². The van der Waals surface area contributed by atoms with E-state index >= 15 is 0 Å². The first-order valence-electron chi connectivity index (χ1n) is 11.6. The third kappa shape index (κ3) is 4.38. The summed E-state index contributed by atoms with van der Waals surface area (Å²) in [6.07, 6.45) is 7.07. The Bertz CT molecular complexity index is 1010. The number of carbonyl (C=O) groups is 1. The maximum Gasteiger partial charge on any atom is 0.258 e. The lowest BCUT2D eigenvalue weighted by molar-refractivity contribution is 0.0430. The summed E-state index contributed by atoms with van der Waals surface area (Å²) in [4.78, 5) is 15.5. The van der Waals surface area contributed by atoms with Crippen molar-refractivity contribution >= 4 is 11.6 Å². The molecule has 0 saturated carbocycles. The Balaban J connectivity index is 1.63. The van der Waals surface area contributed by atoms with E-state index in [1.54, 1.807) is 6.26 Å². The van der Waals surface area contributed by atoms with Crippen molar-refractivity contribution in [3.8, 4) is 5.75 Å². The number of amides is 1. The minimum atomic E-state index is -0.683. The van der Waals surface area contributed by atoms with Crippen LogP contribution in [0.3, 0.4) is 0 Å². The lowest BCUT2D eigenvalue weighted by Crippen LogP contribution is -2.56. The summed E-state index contributed by atoms with van der Waals surface area (Å²) in [6, 6.07) is 19.6. The van der Waals surface area contributed by atoms with E-state index in [4.69, 9.17) is 9.15 Å². The molecule has 5 nitrogen and oxygen atoms in total. The molecule has 0 radical (unpaired) electrons. The Morgan fingerprint density at radius 3 is 2.50 bits per heavy atom. The molecule has 1 aliphatic rings. The molecule has 1 amide bonds. The first-order chi connectivity index (χ1) is 15.7. The van der Waals surface area contributed by atoms with E-state index in [1.807, 2.05) is 53.4 Å². The average Bonchev–Trinajstić information content (AvgIpc) is 3.34. The van der Waals surface area contributed by atoms with E-state index in [0.29, 0.717) is 18.5 Å². The Hall–Kier alpha value is -3.21. The van der Waals surface area contributed by atoms with Crippen LogP contribution in [-0.2, 0) is 12.2 Å². The van der Waals surface area contributed by atoms with Crippen molar-refractivity contribution in [2.24, 2.45) is 0 Å². The third-order valence-electron chi connectivity index (χ3n) is 6.21. The molecule has 0 saturated heterocycles. The molecule has 0 fully saturated rings. The SMILES string of the molecule is CCCCCCOc1ccc(C2(CC)Nc3ccccc3C(=O)N2Cc2ccco2)cc1. The van der Waals surface area contributed by atoms with Crippen LogP contribution in [0, 0.1) is 0 Å². The molecule has 1 aliphatic heterocycles. The second-order valence-corrected chi connectivity index (χ2v) is 8.29. The first-order valence-corrected chi connectivity index (χ1v) is 11.6. The van der Waals surface area contributed by atoms with E-state index in [2.05, 4.69) is 31.3 Å². The molecule has 4 rings (SSSR count). The maximum atomic E-state index is 13.6. The molecule has 0 aliphatic carbocycles. The highest BCUT2D eigenvalue weighted by Crippen LogP contribution is 2.41. The molecule has 1 aromatic heterocycles. The minimum Gasteiger partial charge on any atom is -0.494 e. The molecule has 1 unspecified atom stereocenters. The molecule has 2 aromatic carbocycles. The molecule has 3 aromatic rings. The molecule has 2 heterocycles. The highest BCUT2D eigenvalue weighted by atomic mass is 16.5. The number of para-hydroxylation sites is 1. The van der Waals surface area contributed by atoms with E-state index < -0.39 is 5.66 Å². The van der Waals surface area contributed by atoms with Gasteiger partial charge in [0.25, 0.3) is 5.91 Å². The quantitative estimate of drug-likeness (QED) is 0.368. The minimum absolute atomic E-state index is 0.00569.